The van der Waals surface area contributed by atoms with Gasteiger partial charge in [0.05, 0.1) is 5.56 Å². The molecule has 6 nitrogen and oxygen atoms in total. The highest BCUT2D eigenvalue weighted by atomic mass is 35.5. The van der Waals surface area contributed by atoms with Gasteiger partial charge in [-0.3, -0.25) is 9.36 Å². The van der Waals surface area contributed by atoms with E-state index >= 15 is 0 Å². The summed E-state index contributed by atoms with van der Waals surface area (Å²) in [4.78, 5) is 12.9. The standard InChI is InChI=1S/C20H19ClF3N5OS/c1-2-16(17(30)26-14-8-5-7-13(10-14)20(22,23)24)29-18(25)27-28-19(29)31-11-12-6-3-4-9-15(12)21/h3-10,16H,2,11H2,1H3,(H2,25,27)(H,26,30). The number of aromatic nitrogens is 3. The molecule has 31 heavy (non-hydrogen) atoms. The van der Waals surface area contributed by atoms with Crippen molar-refractivity contribution in [2.75, 3.05) is 11.1 Å². The highest BCUT2D eigenvalue weighted by Gasteiger charge is 2.31. The zero-order valence-corrected chi connectivity index (χ0v) is 17.9. The third-order valence-corrected chi connectivity index (χ3v) is 5.82. The molecule has 0 saturated carbocycles. The van der Waals surface area contributed by atoms with Crippen molar-refractivity contribution < 1.29 is 18.0 Å². The van der Waals surface area contributed by atoms with Crippen LogP contribution in [0.15, 0.2) is 53.7 Å². The lowest BCUT2D eigenvalue weighted by Gasteiger charge is -2.19. The van der Waals surface area contributed by atoms with E-state index in [-0.39, 0.29) is 11.6 Å². The van der Waals surface area contributed by atoms with E-state index in [1.165, 1.54) is 28.5 Å². The zero-order valence-electron chi connectivity index (χ0n) is 16.4. The van der Waals surface area contributed by atoms with Gasteiger partial charge in [0.25, 0.3) is 0 Å². The summed E-state index contributed by atoms with van der Waals surface area (Å²) in [6.45, 7) is 1.76. The molecule has 0 bridgehead atoms. The number of anilines is 2. The normalized spacial score (nSPS) is 12.5. The van der Waals surface area contributed by atoms with Crippen LogP contribution in [-0.2, 0) is 16.7 Å². The van der Waals surface area contributed by atoms with Crippen molar-refractivity contribution in [2.24, 2.45) is 0 Å². The van der Waals surface area contributed by atoms with Crippen molar-refractivity contribution in [1.29, 1.82) is 0 Å². The van der Waals surface area contributed by atoms with Crippen molar-refractivity contribution in [3.05, 3.63) is 64.7 Å². The Kier molecular flexibility index (Phi) is 7.11. The molecule has 1 unspecified atom stereocenters. The third kappa shape index (κ3) is 5.50. The molecule has 1 amide bonds. The average Bonchev–Trinajstić information content (AvgIpc) is 3.08. The predicted molar refractivity (Wildman–Crippen MR) is 115 cm³/mol. The van der Waals surface area contributed by atoms with Crippen molar-refractivity contribution in [2.45, 2.75) is 36.5 Å². The monoisotopic (exact) mass is 469 g/mol. The van der Waals surface area contributed by atoms with Gasteiger partial charge < -0.3 is 11.1 Å². The maximum atomic E-state index is 13.0. The van der Waals surface area contributed by atoms with Crippen LogP contribution in [-0.4, -0.2) is 20.7 Å². The van der Waals surface area contributed by atoms with Crippen LogP contribution in [0.4, 0.5) is 24.8 Å². The van der Waals surface area contributed by atoms with E-state index in [4.69, 9.17) is 17.3 Å². The number of rotatable bonds is 7. The summed E-state index contributed by atoms with van der Waals surface area (Å²) >= 11 is 7.49. The van der Waals surface area contributed by atoms with Crippen LogP contribution in [0.1, 0.15) is 30.5 Å². The first-order chi connectivity index (χ1) is 14.7. The molecule has 11 heteroatoms. The van der Waals surface area contributed by atoms with Gasteiger partial charge in [0.2, 0.25) is 11.9 Å². The third-order valence-electron chi connectivity index (χ3n) is 4.46. The molecule has 3 rings (SSSR count). The molecule has 0 saturated heterocycles. The predicted octanol–water partition coefficient (Wildman–Crippen LogP) is 5.41. The van der Waals surface area contributed by atoms with Gasteiger partial charge in [-0.2, -0.15) is 13.2 Å². The van der Waals surface area contributed by atoms with Gasteiger partial charge in [-0.25, -0.2) is 0 Å². The van der Waals surface area contributed by atoms with Crippen LogP contribution in [0.5, 0.6) is 0 Å². The number of nitrogens with one attached hydrogen (secondary N) is 1. The van der Waals surface area contributed by atoms with Crippen molar-refractivity contribution in [3.63, 3.8) is 0 Å². The smallest absolute Gasteiger partial charge is 0.368 e. The van der Waals surface area contributed by atoms with Crippen molar-refractivity contribution >= 4 is 40.9 Å². The van der Waals surface area contributed by atoms with E-state index in [0.717, 1.165) is 17.7 Å². The Bertz CT molecular complexity index is 1070. The van der Waals surface area contributed by atoms with Gasteiger partial charge in [0, 0.05) is 16.5 Å². The Hall–Kier alpha value is -2.72. The lowest BCUT2D eigenvalue weighted by atomic mass is 10.1. The zero-order chi connectivity index (χ0) is 22.6. The topological polar surface area (TPSA) is 85.8 Å². The van der Waals surface area contributed by atoms with Gasteiger partial charge in [-0.05, 0) is 36.2 Å². The minimum absolute atomic E-state index is 0.0349. The molecule has 3 N–H and O–H groups in total. The number of hydrogen-bond acceptors (Lipinski definition) is 5. The number of halogens is 4. The molecule has 0 aliphatic carbocycles. The summed E-state index contributed by atoms with van der Waals surface area (Å²) < 4.78 is 40.3. The lowest BCUT2D eigenvalue weighted by Crippen LogP contribution is -2.27. The Morgan fingerprint density at radius 2 is 1.97 bits per heavy atom. The van der Waals surface area contributed by atoms with E-state index < -0.39 is 23.7 Å². The summed E-state index contributed by atoms with van der Waals surface area (Å²) in [5.41, 5.74) is 6.02. The molecule has 2 aromatic carbocycles. The van der Waals surface area contributed by atoms with Crippen LogP contribution in [0.25, 0.3) is 0 Å². The molecule has 0 radical (unpaired) electrons. The molecule has 0 aliphatic heterocycles. The molecule has 0 aliphatic rings. The summed E-state index contributed by atoms with van der Waals surface area (Å²) in [5, 5.41) is 11.4. The number of alkyl halides is 3. The number of carbonyl (C=O) groups excluding carboxylic acids is 1. The Labute approximate surface area is 186 Å². The van der Waals surface area contributed by atoms with Gasteiger partial charge in [0.1, 0.15) is 6.04 Å². The Morgan fingerprint density at radius 1 is 1.23 bits per heavy atom. The van der Waals surface area contributed by atoms with Crippen LogP contribution in [0.3, 0.4) is 0 Å². The minimum Gasteiger partial charge on any atom is -0.368 e. The number of benzene rings is 2. The van der Waals surface area contributed by atoms with Crippen LogP contribution >= 0.6 is 23.4 Å². The van der Waals surface area contributed by atoms with Gasteiger partial charge in [0.15, 0.2) is 5.16 Å². The van der Waals surface area contributed by atoms with E-state index in [2.05, 4.69) is 15.5 Å². The first-order valence-electron chi connectivity index (χ1n) is 9.25. The van der Waals surface area contributed by atoms with Gasteiger partial charge in [-0.15, -0.1) is 10.2 Å². The van der Waals surface area contributed by atoms with Crippen LogP contribution in [0.2, 0.25) is 5.02 Å². The number of nitrogens with zero attached hydrogens (tertiary/aromatic N) is 3. The molecule has 3 aromatic rings. The molecule has 0 spiro atoms. The average molecular weight is 470 g/mol. The summed E-state index contributed by atoms with van der Waals surface area (Å²) in [6, 6.07) is 11.0. The van der Waals surface area contributed by atoms with Gasteiger partial charge >= 0.3 is 6.18 Å². The summed E-state index contributed by atoms with van der Waals surface area (Å²) in [5.74, 6) is -0.00986. The molecule has 1 aromatic heterocycles. The molecule has 1 atom stereocenters. The van der Waals surface area contributed by atoms with Crippen molar-refractivity contribution in [3.8, 4) is 0 Å². The second-order valence-electron chi connectivity index (χ2n) is 6.58. The lowest BCUT2D eigenvalue weighted by molar-refractivity contribution is -0.137. The molecular weight excluding hydrogens is 451 g/mol. The molecule has 1 heterocycles. The number of hydrogen-bond donors (Lipinski definition) is 2. The largest absolute Gasteiger partial charge is 0.416 e. The molecule has 0 fully saturated rings. The van der Waals surface area contributed by atoms with E-state index in [9.17, 15) is 18.0 Å². The van der Waals surface area contributed by atoms with Crippen LogP contribution in [0, 0.1) is 0 Å². The minimum atomic E-state index is -4.51. The SMILES string of the molecule is CCC(C(=O)Nc1cccc(C(F)(F)F)c1)n1c(N)nnc1SCc1ccccc1Cl. The van der Waals surface area contributed by atoms with E-state index in [1.54, 1.807) is 13.0 Å². The Morgan fingerprint density at radius 3 is 2.65 bits per heavy atom. The van der Waals surface area contributed by atoms with Crippen molar-refractivity contribution in [1.82, 2.24) is 14.8 Å². The molecular formula is C20H19ClF3N5OS. The number of nitrogens with two attached hydrogens (primary N) is 1. The quantitative estimate of drug-likeness (QED) is 0.451. The van der Waals surface area contributed by atoms with Gasteiger partial charge in [-0.1, -0.05) is 54.6 Å². The first-order valence-corrected chi connectivity index (χ1v) is 10.6. The maximum Gasteiger partial charge on any atom is 0.416 e. The number of thioether (sulfide) groups is 1. The van der Waals surface area contributed by atoms with E-state index in [0.29, 0.717) is 22.4 Å². The second-order valence-corrected chi connectivity index (χ2v) is 7.93. The number of carbonyl (C=O) groups is 1. The fraction of sp³-hybridized carbons (Fsp3) is 0.250. The Balaban J connectivity index is 1.80. The van der Waals surface area contributed by atoms with E-state index in [1.807, 2.05) is 18.2 Å². The number of amides is 1. The highest BCUT2D eigenvalue weighted by molar-refractivity contribution is 7.98. The summed E-state index contributed by atoms with van der Waals surface area (Å²) in [6.07, 6.45) is -4.18. The second kappa shape index (κ2) is 9.61. The summed E-state index contributed by atoms with van der Waals surface area (Å²) in [7, 11) is 0. The fourth-order valence-corrected chi connectivity index (χ4v) is 4.20. The fourth-order valence-electron chi connectivity index (χ4n) is 2.92. The maximum absolute atomic E-state index is 13.0. The number of nitrogen functional groups attached to an aromatic ring is 1. The highest BCUT2D eigenvalue weighted by Crippen LogP contribution is 2.32. The van der Waals surface area contributed by atoms with Crippen LogP contribution < -0.4 is 11.1 Å². The molecule has 164 valence electrons. The first kappa shape index (κ1) is 23.0.